The fourth-order valence-electron chi connectivity index (χ4n) is 2.97. The summed E-state index contributed by atoms with van der Waals surface area (Å²) in [5.41, 5.74) is 1.15. The molecule has 0 saturated carbocycles. The van der Waals surface area contributed by atoms with Crippen molar-refractivity contribution in [2.75, 3.05) is 6.61 Å². The van der Waals surface area contributed by atoms with Crippen LogP contribution in [-0.4, -0.2) is 20.5 Å². The minimum absolute atomic E-state index is 0.0691. The molecule has 116 valence electrons. The number of Topliss-reactive ketones (excluding diaryl/α,β-unsaturated/α-hetero) is 1. The summed E-state index contributed by atoms with van der Waals surface area (Å²) >= 11 is 0. The van der Waals surface area contributed by atoms with Crippen LogP contribution in [0.1, 0.15) is 43.6 Å². The minimum atomic E-state index is -1.29. The molecule has 2 rings (SSSR count). The summed E-state index contributed by atoms with van der Waals surface area (Å²) < 4.78 is 5.83. The number of fused-ring (bicyclic) bond motifs is 2. The number of hydrogen-bond donors (Lipinski definition) is 0. The second-order valence-corrected chi connectivity index (χ2v) is 12.9. The van der Waals surface area contributed by atoms with Crippen LogP contribution in [0.5, 0.6) is 5.75 Å². The maximum Gasteiger partial charge on any atom is 0.140 e. The Balaban J connectivity index is 2.28. The highest BCUT2D eigenvalue weighted by molar-refractivity contribution is 6.76. The van der Waals surface area contributed by atoms with Gasteiger partial charge in [0.05, 0.1) is 6.61 Å². The van der Waals surface area contributed by atoms with Crippen molar-refractivity contribution in [3.8, 4) is 5.75 Å². The van der Waals surface area contributed by atoms with Crippen LogP contribution >= 0.6 is 0 Å². The molecule has 0 radical (unpaired) electrons. The van der Waals surface area contributed by atoms with E-state index in [-0.39, 0.29) is 5.92 Å². The normalized spacial score (nSPS) is 21.1. The molecule has 0 amide bonds. The monoisotopic (exact) mass is 304 g/mol. The standard InChI is InChI=1S/C18H28O2Si/c1-21(2,3)14-17-15-9-8-10-16(13-15)20-12-7-5-4-6-11-18(17)19/h8-10,13,17H,4-7,11-12,14H2,1-3H3. The number of carbonyl (C=O) groups excluding carboxylic acids is 1. The van der Waals surface area contributed by atoms with Gasteiger partial charge < -0.3 is 4.74 Å². The third-order valence-corrected chi connectivity index (χ3v) is 5.68. The molecule has 1 aromatic carbocycles. The molecule has 2 bridgehead atoms. The lowest BCUT2D eigenvalue weighted by Gasteiger charge is -2.25. The molecule has 1 unspecified atom stereocenters. The van der Waals surface area contributed by atoms with Crippen LogP contribution in [0.4, 0.5) is 0 Å². The van der Waals surface area contributed by atoms with Gasteiger partial charge in [-0.3, -0.25) is 4.79 Å². The number of hydrogen-bond acceptors (Lipinski definition) is 2. The molecule has 0 N–H and O–H groups in total. The second kappa shape index (κ2) is 7.26. The van der Waals surface area contributed by atoms with Crippen molar-refractivity contribution in [2.45, 2.75) is 63.7 Å². The first kappa shape index (κ1) is 16.3. The van der Waals surface area contributed by atoms with E-state index in [1.807, 2.05) is 12.1 Å². The smallest absolute Gasteiger partial charge is 0.140 e. The Morgan fingerprint density at radius 2 is 1.90 bits per heavy atom. The third kappa shape index (κ3) is 5.31. The Morgan fingerprint density at radius 1 is 1.14 bits per heavy atom. The molecular weight excluding hydrogens is 276 g/mol. The Hall–Kier alpha value is -1.09. The molecule has 0 fully saturated rings. The van der Waals surface area contributed by atoms with Crippen LogP contribution in [0, 0.1) is 0 Å². The zero-order chi connectivity index (χ0) is 15.3. The van der Waals surface area contributed by atoms with E-state index in [9.17, 15) is 4.79 Å². The summed E-state index contributed by atoms with van der Waals surface area (Å²) in [5.74, 6) is 1.41. The Bertz CT molecular complexity index is 476. The number of rotatable bonds is 2. The molecule has 1 aliphatic rings. The minimum Gasteiger partial charge on any atom is -0.494 e. The van der Waals surface area contributed by atoms with Gasteiger partial charge in [-0.05, 0) is 36.6 Å². The maximum atomic E-state index is 12.7. The summed E-state index contributed by atoms with van der Waals surface area (Å²) in [6.07, 6.45) is 5.14. The third-order valence-electron chi connectivity index (χ3n) is 4.05. The van der Waals surface area contributed by atoms with Crippen molar-refractivity contribution in [2.24, 2.45) is 0 Å². The predicted octanol–water partition coefficient (Wildman–Crippen LogP) is 5.02. The fourth-order valence-corrected chi connectivity index (χ4v) is 4.66. The zero-order valence-corrected chi connectivity index (χ0v) is 14.7. The summed E-state index contributed by atoms with van der Waals surface area (Å²) in [6, 6.07) is 9.26. The van der Waals surface area contributed by atoms with E-state index in [2.05, 4.69) is 31.8 Å². The number of benzene rings is 1. The summed E-state index contributed by atoms with van der Waals surface area (Å²) in [5, 5.41) is 0. The van der Waals surface area contributed by atoms with Crippen molar-refractivity contribution < 1.29 is 9.53 Å². The van der Waals surface area contributed by atoms with E-state index in [4.69, 9.17) is 4.74 Å². The van der Waals surface area contributed by atoms with Gasteiger partial charge in [0, 0.05) is 20.4 Å². The van der Waals surface area contributed by atoms with E-state index in [1.54, 1.807) is 0 Å². The molecule has 1 aliphatic heterocycles. The molecule has 1 heterocycles. The Morgan fingerprint density at radius 3 is 2.67 bits per heavy atom. The zero-order valence-electron chi connectivity index (χ0n) is 13.7. The molecular formula is C18H28O2Si. The van der Waals surface area contributed by atoms with E-state index in [1.165, 1.54) is 0 Å². The van der Waals surface area contributed by atoms with E-state index < -0.39 is 8.07 Å². The maximum absolute atomic E-state index is 12.7. The summed E-state index contributed by atoms with van der Waals surface area (Å²) in [7, 11) is -1.29. The van der Waals surface area contributed by atoms with E-state index >= 15 is 0 Å². The molecule has 0 aromatic heterocycles. The van der Waals surface area contributed by atoms with Gasteiger partial charge in [0.25, 0.3) is 0 Å². The molecule has 21 heavy (non-hydrogen) atoms. The average molecular weight is 305 g/mol. The first-order valence-corrected chi connectivity index (χ1v) is 11.9. The quantitative estimate of drug-likeness (QED) is 0.717. The van der Waals surface area contributed by atoms with Gasteiger partial charge in [0.1, 0.15) is 11.5 Å². The van der Waals surface area contributed by atoms with Crippen LogP contribution in [0.15, 0.2) is 24.3 Å². The van der Waals surface area contributed by atoms with Crippen molar-refractivity contribution in [3.05, 3.63) is 29.8 Å². The SMILES string of the molecule is C[Si](C)(C)CC1C(=O)CCCCCCOc2cccc1c2. The molecule has 0 spiro atoms. The Labute approximate surface area is 129 Å². The molecule has 1 aromatic rings. The van der Waals surface area contributed by atoms with Crippen LogP contribution in [0.2, 0.25) is 25.7 Å². The average Bonchev–Trinajstić information content (AvgIpc) is 2.42. The highest BCUT2D eigenvalue weighted by Crippen LogP contribution is 2.31. The van der Waals surface area contributed by atoms with E-state index in [0.29, 0.717) is 5.78 Å². The van der Waals surface area contributed by atoms with Gasteiger partial charge in [-0.2, -0.15) is 0 Å². The van der Waals surface area contributed by atoms with Crippen molar-refractivity contribution >= 4 is 13.9 Å². The molecule has 1 atom stereocenters. The summed E-state index contributed by atoms with van der Waals surface area (Å²) in [6.45, 7) is 7.82. The van der Waals surface area contributed by atoms with Crippen LogP contribution in [0.25, 0.3) is 0 Å². The summed E-state index contributed by atoms with van der Waals surface area (Å²) in [4.78, 5) is 12.7. The topological polar surface area (TPSA) is 26.3 Å². The van der Waals surface area contributed by atoms with Gasteiger partial charge in [0.15, 0.2) is 0 Å². The fraction of sp³-hybridized carbons (Fsp3) is 0.611. The molecule has 0 aliphatic carbocycles. The van der Waals surface area contributed by atoms with Crippen molar-refractivity contribution in [1.29, 1.82) is 0 Å². The number of ketones is 1. The van der Waals surface area contributed by atoms with Gasteiger partial charge in [-0.1, -0.05) is 44.6 Å². The Kier molecular flexibility index (Phi) is 5.62. The van der Waals surface area contributed by atoms with Crippen molar-refractivity contribution in [1.82, 2.24) is 0 Å². The van der Waals surface area contributed by atoms with Gasteiger partial charge >= 0.3 is 0 Å². The van der Waals surface area contributed by atoms with Gasteiger partial charge in [-0.25, -0.2) is 0 Å². The first-order valence-electron chi connectivity index (χ1n) is 8.21. The van der Waals surface area contributed by atoms with Crippen LogP contribution in [-0.2, 0) is 4.79 Å². The van der Waals surface area contributed by atoms with Gasteiger partial charge in [0.2, 0.25) is 0 Å². The molecule has 3 heteroatoms. The predicted molar refractivity (Wildman–Crippen MR) is 90.9 cm³/mol. The largest absolute Gasteiger partial charge is 0.494 e. The molecule has 2 nitrogen and oxygen atoms in total. The van der Waals surface area contributed by atoms with Crippen LogP contribution in [0.3, 0.4) is 0 Å². The lowest BCUT2D eigenvalue weighted by molar-refractivity contribution is -0.120. The van der Waals surface area contributed by atoms with Gasteiger partial charge in [-0.15, -0.1) is 0 Å². The number of carbonyl (C=O) groups is 1. The number of ether oxygens (including phenoxy) is 1. The van der Waals surface area contributed by atoms with E-state index in [0.717, 1.165) is 56.1 Å². The second-order valence-electron chi connectivity index (χ2n) is 7.37. The lowest BCUT2D eigenvalue weighted by atomic mass is 9.92. The first-order chi connectivity index (χ1) is 9.96. The highest BCUT2D eigenvalue weighted by Gasteiger charge is 2.27. The van der Waals surface area contributed by atoms with Crippen LogP contribution < -0.4 is 4.74 Å². The highest BCUT2D eigenvalue weighted by atomic mass is 28.3. The lowest BCUT2D eigenvalue weighted by Crippen LogP contribution is -2.27. The molecule has 0 saturated heterocycles. The van der Waals surface area contributed by atoms with Crippen molar-refractivity contribution in [3.63, 3.8) is 0 Å².